The molecule has 8 heteroatoms. The molecule has 0 aromatic heterocycles. The zero-order valence-electron chi connectivity index (χ0n) is 17.8. The summed E-state index contributed by atoms with van der Waals surface area (Å²) >= 11 is 6.12. The molecule has 0 saturated carbocycles. The van der Waals surface area contributed by atoms with Crippen LogP contribution in [0.2, 0.25) is 5.02 Å². The molecule has 166 valence electrons. The third-order valence-corrected chi connectivity index (χ3v) is 6.24. The molecule has 0 unspecified atom stereocenters. The van der Waals surface area contributed by atoms with Crippen LogP contribution in [0.4, 0.5) is 5.69 Å². The summed E-state index contributed by atoms with van der Waals surface area (Å²) in [5, 5.41) is 2.83. The Kier molecular flexibility index (Phi) is 7.01. The average Bonchev–Trinajstić information content (AvgIpc) is 2.74. The van der Waals surface area contributed by atoms with Crippen molar-refractivity contribution in [3.05, 3.63) is 94.0 Å². The molecule has 6 nitrogen and oxygen atoms in total. The largest absolute Gasteiger partial charge is 0.444 e. The minimum absolute atomic E-state index is 0.0177. The van der Waals surface area contributed by atoms with Crippen molar-refractivity contribution >= 4 is 39.0 Å². The Morgan fingerprint density at radius 1 is 0.969 bits per heavy atom. The predicted octanol–water partition coefficient (Wildman–Crippen LogP) is 4.90. The fourth-order valence-corrected chi connectivity index (χ4v) is 3.87. The van der Waals surface area contributed by atoms with Crippen LogP contribution < -0.4 is 5.32 Å². The van der Waals surface area contributed by atoms with Gasteiger partial charge in [0, 0.05) is 17.5 Å². The Labute approximate surface area is 192 Å². The monoisotopic (exact) mass is 471 g/mol. The van der Waals surface area contributed by atoms with Gasteiger partial charge in [0.25, 0.3) is 5.91 Å². The number of anilines is 1. The van der Waals surface area contributed by atoms with Gasteiger partial charge in [-0.3, -0.25) is 4.79 Å². The van der Waals surface area contributed by atoms with Crippen LogP contribution in [0.25, 0.3) is 0 Å². The molecule has 0 aliphatic rings. The van der Waals surface area contributed by atoms with E-state index in [-0.39, 0.29) is 15.5 Å². The highest BCUT2D eigenvalue weighted by atomic mass is 35.5. The van der Waals surface area contributed by atoms with Gasteiger partial charge < -0.3 is 10.1 Å². The van der Waals surface area contributed by atoms with Crippen molar-refractivity contribution in [1.29, 1.82) is 0 Å². The molecule has 0 bridgehead atoms. The summed E-state index contributed by atoms with van der Waals surface area (Å²) in [6, 6.07) is 17.9. The molecular weight excluding hydrogens is 450 g/mol. The summed E-state index contributed by atoms with van der Waals surface area (Å²) in [4.78, 5) is 26.0. The van der Waals surface area contributed by atoms with Crippen LogP contribution in [-0.2, 0) is 19.4 Å². The predicted molar refractivity (Wildman–Crippen MR) is 124 cm³/mol. The van der Waals surface area contributed by atoms with Crippen LogP contribution in [0.5, 0.6) is 0 Å². The zero-order valence-corrected chi connectivity index (χ0v) is 19.3. The third kappa shape index (κ3) is 5.55. The molecule has 1 N–H and O–H groups in total. The normalized spacial score (nSPS) is 12.1. The van der Waals surface area contributed by atoms with E-state index in [1.54, 1.807) is 30.3 Å². The van der Waals surface area contributed by atoms with Crippen LogP contribution in [0.15, 0.2) is 71.6 Å². The van der Waals surface area contributed by atoms with E-state index < -0.39 is 27.8 Å². The van der Waals surface area contributed by atoms with Gasteiger partial charge in [0.05, 0.1) is 15.5 Å². The minimum Gasteiger partial charge on any atom is -0.444 e. The maximum Gasteiger partial charge on any atom is 0.340 e. The number of carbonyl (C=O) groups excluding carboxylic acids is 2. The Bertz CT molecular complexity index is 1270. The second-order valence-corrected chi connectivity index (χ2v) is 9.84. The molecule has 0 radical (unpaired) electrons. The lowest BCUT2D eigenvalue weighted by atomic mass is 10.1. The molecule has 3 aromatic rings. The number of carbonyl (C=O) groups is 2. The number of hydrogen-bond acceptors (Lipinski definition) is 5. The maximum atomic E-state index is 13.1. The molecule has 1 amide bonds. The highest BCUT2D eigenvalue weighted by molar-refractivity contribution is 7.90. The van der Waals surface area contributed by atoms with E-state index in [2.05, 4.69) is 5.32 Å². The molecule has 3 aromatic carbocycles. The van der Waals surface area contributed by atoms with E-state index in [0.29, 0.717) is 11.3 Å². The molecule has 1 atom stereocenters. The summed E-state index contributed by atoms with van der Waals surface area (Å²) in [5.74, 6) is -1.46. The number of amides is 1. The second-order valence-electron chi connectivity index (χ2n) is 7.42. The number of nitrogens with one attached hydrogen (secondary N) is 1. The van der Waals surface area contributed by atoms with Crippen molar-refractivity contribution in [2.45, 2.75) is 24.8 Å². The van der Waals surface area contributed by atoms with Gasteiger partial charge in [0.15, 0.2) is 9.84 Å². The lowest BCUT2D eigenvalue weighted by molar-refractivity contribution is -0.125. The Hall–Kier alpha value is -3.16. The summed E-state index contributed by atoms with van der Waals surface area (Å²) in [6.45, 7) is 3.76. The number of halogens is 1. The highest BCUT2D eigenvalue weighted by Crippen LogP contribution is 2.27. The van der Waals surface area contributed by atoms with Gasteiger partial charge in [0.1, 0.15) is 0 Å². The van der Waals surface area contributed by atoms with Crippen molar-refractivity contribution in [2.75, 3.05) is 11.6 Å². The van der Waals surface area contributed by atoms with Crippen LogP contribution in [0.3, 0.4) is 0 Å². The highest BCUT2D eigenvalue weighted by Gasteiger charge is 2.27. The van der Waals surface area contributed by atoms with Crippen LogP contribution in [-0.4, -0.2) is 26.6 Å². The van der Waals surface area contributed by atoms with Gasteiger partial charge in [-0.15, -0.1) is 0 Å². The van der Waals surface area contributed by atoms with Crippen LogP contribution >= 0.6 is 11.6 Å². The first-order valence-corrected chi connectivity index (χ1v) is 12.0. The second kappa shape index (κ2) is 9.54. The van der Waals surface area contributed by atoms with E-state index in [4.69, 9.17) is 16.3 Å². The van der Waals surface area contributed by atoms with Crippen LogP contribution in [0.1, 0.15) is 33.2 Å². The summed E-state index contributed by atoms with van der Waals surface area (Å²) < 4.78 is 29.3. The van der Waals surface area contributed by atoms with E-state index in [1.807, 2.05) is 32.0 Å². The third-order valence-electron chi connectivity index (χ3n) is 4.80. The molecule has 32 heavy (non-hydrogen) atoms. The molecule has 0 fully saturated rings. The van der Waals surface area contributed by atoms with Gasteiger partial charge in [-0.2, -0.15) is 0 Å². The Balaban J connectivity index is 1.95. The number of sulfone groups is 1. The Morgan fingerprint density at radius 3 is 2.31 bits per heavy atom. The van der Waals surface area contributed by atoms with Crippen LogP contribution in [0, 0.1) is 13.8 Å². The summed E-state index contributed by atoms with van der Waals surface area (Å²) in [5.41, 5.74) is 2.73. The van der Waals surface area contributed by atoms with E-state index >= 15 is 0 Å². The van der Waals surface area contributed by atoms with Crippen molar-refractivity contribution in [3.63, 3.8) is 0 Å². The molecular formula is C24H22ClNO5S. The van der Waals surface area contributed by atoms with Gasteiger partial charge >= 0.3 is 5.97 Å². The zero-order chi connectivity index (χ0) is 23.5. The molecule has 0 saturated heterocycles. The summed E-state index contributed by atoms with van der Waals surface area (Å²) in [7, 11) is -3.57. The lowest BCUT2D eigenvalue weighted by Crippen LogP contribution is -2.26. The maximum absolute atomic E-state index is 13.1. The first-order chi connectivity index (χ1) is 15.1. The lowest BCUT2D eigenvalue weighted by Gasteiger charge is -2.19. The van der Waals surface area contributed by atoms with Gasteiger partial charge in [-0.05, 0) is 49.2 Å². The molecule has 3 rings (SSSR count). The van der Waals surface area contributed by atoms with Crippen molar-refractivity contribution < 1.29 is 22.7 Å². The SMILES string of the molecule is Cc1ccc(C)c(NC(=O)[C@H](OC(=O)c2cc(S(C)(=O)=O)ccc2Cl)c2ccccc2)c1. The quantitative estimate of drug-likeness (QED) is 0.516. The first-order valence-electron chi connectivity index (χ1n) is 9.70. The number of esters is 1. The van der Waals surface area contributed by atoms with Gasteiger partial charge in [0.2, 0.25) is 6.10 Å². The molecule has 0 aliphatic carbocycles. The van der Waals surface area contributed by atoms with Crippen molar-refractivity contribution in [1.82, 2.24) is 0 Å². The number of hydrogen-bond donors (Lipinski definition) is 1. The smallest absolute Gasteiger partial charge is 0.340 e. The molecule has 0 aliphatic heterocycles. The first kappa shape index (κ1) is 23.5. The van der Waals surface area contributed by atoms with Gasteiger partial charge in [-0.1, -0.05) is 54.1 Å². The summed E-state index contributed by atoms with van der Waals surface area (Å²) in [6.07, 6.45) is -0.253. The fourth-order valence-electron chi connectivity index (χ4n) is 3.03. The molecule has 0 spiro atoms. The van der Waals surface area contributed by atoms with Gasteiger partial charge in [-0.25, -0.2) is 13.2 Å². The van der Waals surface area contributed by atoms with E-state index in [0.717, 1.165) is 23.4 Å². The number of ether oxygens (including phenoxy) is 1. The van der Waals surface area contributed by atoms with Crippen molar-refractivity contribution in [2.24, 2.45) is 0 Å². The van der Waals surface area contributed by atoms with E-state index in [9.17, 15) is 18.0 Å². The average molecular weight is 472 g/mol. The number of rotatable bonds is 6. The number of aryl methyl sites for hydroxylation is 2. The number of benzene rings is 3. The van der Waals surface area contributed by atoms with Crippen molar-refractivity contribution in [3.8, 4) is 0 Å². The standard InChI is InChI=1S/C24H22ClNO5S/c1-15-9-10-16(2)21(13-15)26-23(27)22(17-7-5-4-6-8-17)31-24(28)19-14-18(32(3,29)30)11-12-20(19)25/h4-14,22H,1-3H3,(H,26,27)/t22-/m1/s1. The van der Waals surface area contributed by atoms with E-state index in [1.165, 1.54) is 12.1 Å². The molecule has 0 heterocycles. The minimum atomic E-state index is -3.57. The Morgan fingerprint density at radius 2 is 1.66 bits per heavy atom. The topological polar surface area (TPSA) is 89.5 Å². The fraction of sp³-hybridized carbons (Fsp3) is 0.167.